The predicted octanol–water partition coefficient (Wildman–Crippen LogP) is 3.27. The Balaban J connectivity index is 2.24. The number of pyridine rings is 1. The maximum absolute atomic E-state index is 14.5. The smallest absolute Gasteiger partial charge is 0.256 e. The zero-order valence-electron chi connectivity index (χ0n) is 15.3. The zero-order chi connectivity index (χ0) is 21.6. The van der Waals surface area contributed by atoms with Crippen molar-refractivity contribution >= 4 is 20.9 Å². The topological polar surface area (TPSA) is 81.9 Å². The number of rotatable bonds is 3. The molecule has 0 spiro atoms. The largest absolute Gasteiger partial charge is 0.269 e. The lowest BCUT2D eigenvalue weighted by Gasteiger charge is -2.14. The maximum Gasteiger partial charge on any atom is 0.256 e. The van der Waals surface area contributed by atoms with E-state index in [1.165, 1.54) is 24.3 Å². The molecule has 0 amide bonds. The molecule has 30 heavy (non-hydrogen) atoms. The van der Waals surface area contributed by atoms with Crippen LogP contribution < -0.4 is 5.56 Å². The van der Waals surface area contributed by atoms with Gasteiger partial charge in [-0.25, -0.2) is 26.6 Å². The lowest BCUT2D eigenvalue weighted by Crippen LogP contribution is -2.22. The van der Waals surface area contributed by atoms with Crippen molar-refractivity contribution in [1.82, 2.24) is 14.5 Å². The fourth-order valence-corrected chi connectivity index (χ4v) is 3.55. The normalized spacial score (nSPS) is 11.7. The zero-order valence-corrected chi connectivity index (χ0v) is 16.1. The third-order valence-electron chi connectivity index (χ3n) is 4.35. The highest BCUT2D eigenvalue weighted by Crippen LogP contribution is 2.30. The van der Waals surface area contributed by atoms with E-state index in [0.29, 0.717) is 4.57 Å². The summed E-state index contributed by atoms with van der Waals surface area (Å²) in [7, 11) is -4.02. The first kappa shape index (κ1) is 19.8. The molecule has 0 aliphatic heterocycles. The molecule has 2 aromatic carbocycles. The summed E-state index contributed by atoms with van der Waals surface area (Å²) < 4.78 is 68.3. The summed E-state index contributed by atoms with van der Waals surface area (Å²) in [6.07, 6.45) is 0.828. The Bertz CT molecular complexity index is 1460. The van der Waals surface area contributed by atoms with Crippen molar-refractivity contribution in [3.05, 3.63) is 82.4 Å². The van der Waals surface area contributed by atoms with Gasteiger partial charge in [0.1, 0.15) is 23.1 Å². The highest BCUT2D eigenvalue weighted by Gasteiger charge is 2.23. The van der Waals surface area contributed by atoms with Gasteiger partial charge in [-0.05, 0) is 30.3 Å². The summed E-state index contributed by atoms with van der Waals surface area (Å²) in [5.41, 5.74) is -2.16. The Morgan fingerprint density at radius 2 is 1.47 bits per heavy atom. The van der Waals surface area contributed by atoms with Crippen LogP contribution in [0.25, 0.3) is 28.0 Å². The maximum atomic E-state index is 14.5. The number of hydrogen-bond acceptors (Lipinski definition) is 5. The van der Waals surface area contributed by atoms with Crippen molar-refractivity contribution in [2.75, 3.05) is 6.26 Å². The van der Waals surface area contributed by atoms with Gasteiger partial charge in [0.15, 0.2) is 5.65 Å². The fourth-order valence-electron chi connectivity index (χ4n) is 3.04. The SMILES string of the molecule is CS(=O)(=O)c1nc(-c2ccccc2F)c2ccc(=O)n(-c3c(F)cccc3F)c2n1. The van der Waals surface area contributed by atoms with E-state index < -0.39 is 43.7 Å². The summed E-state index contributed by atoms with van der Waals surface area (Å²) in [5.74, 6) is -2.82. The minimum absolute atomic E-state index is 0.0368. The van der Waals surface area contributed by atoms with Crippen molar-refractivity contribution < 1.29 is 21.6 Å². The molecule has 0 aliphatic rings. The molecule has 0 atom stereocenters. The molecule has 0 bridgehead atoms. The van der Waals surface area contributed by atoms with Crippen LogP contribution in [0.3, 0.4) is 0 Å². The van der Waals surface area contributed by atoms with Crippen LogP contribution in [0.4, 0.5) is 13.2 Å². The van der Waals surface area contributed by atoms with Gasteiger partial charge in [-0.15, -0.1) is 0 Å². The summed E-state index contributed by atoms with van der Waals surface area (Å²) >= 11 is 0. The van der Waals surface area contributed by atoms with E-state index in [2.05, 4.69) is 9.97 Å². The van der Waals surface area contributed by atoms with Crippen LogP contribution in [0.2, 0.25) is 0 Å². The third kappa shape index (κ3) is 3.24. The second kappa shape index (κ2) is 7.06. The van der Waals surface area contributed by atoms with Gasteiger partial charge in [0, 0.05) is 23.3 Å². The second-order valence-corrected chi connectivity index (χ2v) is 8.33. The van der Waals surface area contributed by atoms with E-state index in [9.17, 15) is 26.4 Å². The molecule has 0 aliphatic carbocycles. The fraction of sp³-hybridized carbons (Fsp3) is 0.0500. The van der Waals surface area contributed by atoms with E-state index in [1.54, 1.807) is 0 Å². The van der Waals surface area contributed by atoms with Crippen LogP contribution in [0.5, 0.6) is 0 Å². The Hall–Kier alpha value is -3.53. The van der Waals surface area contributed by atoms with E-state index in [1.807, 2.05) is 0 Å². The molecule has 152 valence electrons. The molecule has 4 rings (SSSR count). The number of para-hydroxylation sites is 1. The number of nitrogens with zero attached hydrogens (tertiary/aromatic N) is 3. The number of fused-ring (bicyclic) bond motifs is 1. The van der Waals surface area contributed by atoms with Gasteiger partial charge >= 0.3 is 0 Å². The van der Waals surface area contributed by atoms with Crippen molar-refractivity contribution in [2.45, 2.75) is 5.16 Å². The number of aromatic nitrogens is 3. The first-order chi connectivity index (χ1) is 14.2. The first-order valence-electron chi connectivity index (χ1n) is 8.51. The van der Waals surface area contributed by atoms with E-state index in [0.717, 1.165) is 36.6 Å². The van der Waals surface area contributed by atoms with Crippen molar-refractivity contribution in [3.63, 3.8) is 0 Å². The average molecular weight is 431 g/mol. The van der Waals surface area contributed by atoms with Crippen LogP contribution >= 0.6 is 0 Å². The molecule has 0 radical (unpaired) electrons. The molecule has 6 nitrogen and oxygen atoms in total. The second-order valence-electron chi connectivity index (χ2n) is 6.42. The number of hydrogen-bond donors (Lipinski definition) is 0. The third-order valence-corrected chi connectivity index (χ3v) is 5.20. The highest BCUT2D eigenvalue weighted by atomic mass is 32.2. The monoisotopic (exact) mass is 431 g/mol. The van der Waals surface area contributed by atoms with Crippen molar-refractivity contribution in [3.8, 4) is 16.9 Å². The minimum Gasteiger partial charge on any atom is -0.269 e. The van der Waals surface area contributed by atoms with Crippen LogP contribution in [0.1, 0.15) is 0 Å². The van der Waals surface area contributed by atoms with Crippen molar-refractivity contribution in [2.24, 2.45) is 0 Å². The summed E-state index contributed by atoms with van der Waals surface area (Å²) in [5, 5.41) is -0.681. The molecule has 2 aromatic heterocycles. The van der Waals surface area contributed by atoms with Gasteiger partial charge in [0.25, 0.3) is 5.56 Å². The molecular weight excluding hydrogens is 419 g/mol. The van der Waals surface area contributed by atoms with E-state index >= 15 is 0 Å². The minimum atomic E-state index is -4.02. The van der Waals surface area contributed by atoms with Crippen LogP contribution in [-0.4, -0.2) is 29.2 Å². The molecule has 0 N–H and O–H groups in total. The Morgan fingerprint density at radius 3 is 2.10 bits per heavy atom. The Morgan fingerprint density at radius 1 is 0.833 bits per heavy atom. The van der Waals surface area contributed by atoms with Gasteiger partial charge in [0.05, 0.1) is 5.69 Å². The molecule has 0 saturated heterocycles. The standard InChI is InChI=1S/C20H12F3N3O3S/c1-30(28,29)20-24-17(11-5-2-3-6-13(11)21)12-9-10-16(27)26(19(12)25-20)18-14(22)7-4-8-15(18)23/h2-10H,1H3. The summed E-state index contributed by atoms with van der Waals surface area (Å²) in [6.45, 7) is 0. The average Bonchev–Trinajstić information content (AvgIpc) is 2.68. The number of benzene rings is 2. The molecule has 0 fully saturated rings. The lowest BCUT2D eigenvalue weighted by molar-refractivity contribution is 0.568. The van der Waals surface area contributed by atoms with Gasteiger partial charge in [-0.2, -0.15) is 4.98 Å². The van der Waals surface area contributed by atoms with Gasteiger partial charge < -0.3 is 0 Å². The first-order valence-corrected chi connectivity index (χ1v) is 10.4. The van der Waals surface area contributed by atoms with Gasteiger partial charge in [-0.1, -0.05) is 18.2 Å². The van der Waals surface area contributed by atoms with E-state index in [-0.39, 0.29) is 22.3 Å². The molecule has 10 heteroatoms. The lowest BCUT2D eigenvalue weighted by atomic mass is 10.1. The van der Waals surface area contributed by atoms with Crippen LogP contribution in [0, 0.1) is 17.5 Å². The Kier molecular flexibility index (Phi) is 4.65. The molecule has 2 heterocycles. The summed E-state index contributed by atoms with van der Waals surface area (Å²) in [6, 6.07) is 10.7. The number of halogens is 3. The predicted molar refractivity (Wildman–Crippen MR) is 104 cm³/mol. The number of sulfone groups is 1. The van der Waals surface area contributed by atoms with E-state index in [4.69, 9.17) is 0 Å². The van der Waals surface area contributed by atoms with Crippen LogP contribution in [-0.2, 0) is 9.84 Å². The van der Waals surface area contributed by atoms with Gasteiger partial charge in [-0.3, -0.25) is 9.36 Å². The van der Waals surface area contributed by atoms with Gasteiger partial charge in [0.2, 0.25) is 15.0 Å². The quantitative estimate of drug-likeness (QED) is 0.465. The highest BCUT2D eigenvalue weighted by molar-refractivity contribution is 7.90. The molecule has 4 aromatic rings. The van der Waals surface area contributed by atoms with Crippen LogP contribution in [0.15, 0.2) is 64.5 Å². The summed E-state index contributed by atoms with van der Waals surface area (Å²) in [4.78, 5) is 20.4. The Labute approximate surface area is 168 Å². The molecular formula is C20H12F3N3O3S. The molecule has 0 unspecified atom stereocenters. The molecule has 0 saturated carbocycles. The van der Waals surface area contributed by atoms with Crippen molar-refractivity contribution in [1.29, 1.82) is 0 Å².